The lowest BCUT2D eigenvalue weighted by Gasteiger charge is -2.32. The average Bonchev–Trinajstić information content (AvgIpc) is 2.30. The van der Waals surface area contributed by atoms with Gasteiger partial charge in [0.25, 0.3) is 0 Å². The van der Waals surface area contributed by atoms with Crippen LogP contribution in [-0.2, 0) is 0 Å². The van der Waals surface area contributed by atoms with Crippen molar-refractivity contribution in [3.8, 4) is 0 Å². The SMILES string of the molecule is C[C@@H](c1ccc(Cl)cc1)N1CCCCC1. The first-order valence-corrected chi connectivity index (χ1v) is 6.14. The molecule has 15 heavy (non-hydrogen) atoms. The van der Waals surface area contributed by atoms with Gasteiger partial charge < -0.3 is 0 Å². The fourth-order valence-corrected chi connectivity index (χ4v) is 2.38. The van der Waals surface area contributed by atoms with Crippen LogP contribution < -0.4 is 0 Å². The van der Waals surface area contributed by atoms with Crippen LogP contribution >= 0.6 is 11.6 Å². The molecular formula is C13H18ClN. The highest BCUT2D eigenvalue weighted by molar-refractivity contribution is 6.30. The number of hydrogen-bond donors (Lipinski definition) is 0. The van der Waals surface area contributed by atoms with E-state index in [4.69, 9.17) is 11.6 Å². The third-order valence-corrected chi connectivity index (χ3v) is 3.54. The van der Waals surface area contributed by atoms with Crippen LogP contribution in [0.1, 0.15) is 37.8 Å². The Morgan fingerprint density at radius 1 is 1.07 bits per heavy atom. The third kappa shape index (κ3) is 2.73. The summed E-state index contributed by atoms with van der Waals surface area (Å²) in [7, 11) is 0. The number of halogens is 1. The van der Waals surface area contributed by atoms with Crippen LogP contribution in [0.2, 0.25) is 5.02 Å². The Bertz CT molecular complexity index is 301. The highest BCUT2D eigenvalue weighted by Crippen LogP contribution is 2.24. The van der Waals surface area contributed by atoms with Gasteiger partial charge in [-0.2, -0.15) is 0 Å². The monoisotopic (exact) mass is 223 g/mol. The maximum Gasteiger partial charge on any atom is 0.0406 e. The largest absolute Gasteiger partial charge is 0.297 e. The molecule has 1 aromatic carbocycles. The summed E-state index contributed by atoms with van der Waals surface area (Å²) in [6.45, 7) is 4.77. The molecule has 0 bridgehead atoms. The first kappa shape index (κ1) is 11.0. The molecule has 1 atom stereocenters. The van der Waals surface area contributed by atoms with Crippen molar-refractivity contribution in [2.24, 2.45) is 0 Å². The van der Waals surface area contributed by atoms with Gasteiger partial charge in [0.1, 0.15) is 0 Å². The second-order valence-corrected chi connectivity index (χ2v) is 4.76. The zero-order valence-electron chi connectivity index (χ0n) is 9.25. The zero-order valence-corrected chi connectivity index (χ0v) is 10.0. The molecule has 0 N–H and O–H groups in total. The van der Waals surface area contributed by atoms with Gasteiger partial charge in [-0.1, -0.05) is 30.2 Å². The molecule has 0 spiro atoms. The van der Waals surface area contributed by atoms with Crippen LogP contribution in [0.4, 0.5) is 0 Å². The van der Waals surface area contributed by atoms with Crippen LogP contribution in [0.25, 0.3) is 0 Å². The van der Waals surface area contributed by atoms with Crippen LogP contribution in [0.15, 0.2) is 24.3 Å². The summed E-state index contributed by atoms with van der Waals surface area (Å²) < 4.78 is 0. The van der Waals surface area contributed by atoms with E-state index in [2.05, 4.69) is 24.0 Å². The summed E-state index contributed by atoms with van der Waals surface area (Å²) >= 11 is 5.89. The highest BCUT2D eigenvalue weighted by Gasteiger charge is 2.17. The molecule has 0 amide bonds. The minimum Gasteiger partial charge on any atom is -0.297 e. The minimum atomic E-state index is 0.530. The Hall–Kier alpha value is -0.530. The Labute approximate surface area is 97.0 Å². The molecule has 2 heteroatoms. The number of piperidine rings is 1. The van der Waals surface area contributed by atoms with Gasteiger partial charge in [0.2, 0.25) is 0 Å². The molecule has 1 saturated heterocycles. The second kappa shape index (κ2) is 5.00. The molecule has 1 fully saturated rings. The van der Waals surface area contributed by atoms with Gasteiger partial charge in [-0.25, -0.2) is 0 Å². The van der Waals surface area contributed by atoms with Crippen LogP contribution in [0.3, 0.4) is 0 Å². The van der Waals surface area contributed by atoms with Gasteiger partial charge in [-0.3, -0.25) is 4.90 Å². The van der Waals surface area contributed by atoms with Crippen molar-refractivity contribution in [3.63, 3.8) is 0 Å². The second-order valence-electron chi connectivity index (χ2n) is 4.32. The molecule has 1 nitrogen and oxygen atoms in total. The summed E-state index contributed by atoms with van der Waals surface area (Å²) in [5, 5.41) is 0.824. The molecule has 1 aliphatic rings. The molecule has 1 aromatic rings. The van der Waals surface area contributed by atoms with E-state index in [1.807, 2.05) is 12.1 Å². The van der Waals surface area contributed by atoms with Gasteiger partial charge in [-0.05, 0) is 50.6 Å². The molecular weight excluding hydrogens is 206 g/mol. The topological polar surface area (TPSA) is 3.24 Å². The van der Waals surface area contributed by atoms with E-state index in [9.17, 15) is 0 Å². The third-order valence-electron chi connectivity index (χ3n) is 3.29. The summed E-state index contributed by atoms with van der Waals surface area (Å²) in [6.07, 6.45) is 4.08. The number of likely N-dealkylation sites (tertiary alicyclic amines) is 1. The Balaban J connectivity index is 2.05. The van der Waals surface area contributed by atoms with Crippen molar-refractivity contribution in [3.05, 3.63) is 34.9 Å². The number of hydrogen-bond acceptors (Lipinski definition) is 1. The van der Waals surface area contributed by atoms with Gasteiger partial charge in [0, 0.05) is 11.1 Å². The van der Waals surface area contributed by atoms with Gasteiger partial charge >= 0.3 is 0 Å². The maximum absolute atomic E-state index is 5.89. The lowest BCUT2D eigenvalue weighted by Crippen LogP contribution is -2.32. The zero-order chi connectivity index (χ0) is 10.7. The fourth-order valence-electron chi connectivity index (χ4n) is 2.26. The predicted molar refractivity (Wildman–Crippen MR) is 65.3 cm³/mol. The van der Waals surface area contributed by atoms with Crippen molar-refractivity contribution in [2.75, 3.05) is 13.1 Å². The molecule has 0 radical (unpaired) electrons. The van der Waals surface area contributed by atoms with Crippen molar-refractivity contribution in [1.29, 1.82) is 0 Å². The molecule has 2 rings (SSSR count). The van der Waals surface area contributed by atoms with Crippen LogP contribution in [0.5, 0.6) is 0 Å². The van der Waals surface area contributed by atoms with Crippen LogP contribution in [-0.4, -0.2) is 18.0 Å². The van der Waals surface area contributed by atoms with Gasteiger partial charge in [0.15, 0.2) is 0 Å². The quantitative estimate of drug-likeness (QED) is 0.736. The van der Waals surface area contributed by atoms with E-state index in [-0.39, 0.29) is 0 Å². The maximum atomic E-state index is 5.89. The Morgan fingerprint density at radius 3 is 2.27 bits per heavy atom. The van der Waals surface area contributed by atoms with E-state index in [0.29, 0.717) is 6.04 Å². The van der Waals surface area contributed by atoms with E-state index in [1.165, 1.54) is 37.9 Å². The smallest absolute Gasteiger partial charge is 0.0406 e. The number of nitrogens with zero attached hydrogens (tertiary/aromatic N) is 1. The summed E-state index contributed by atoms with van der Waals surface area (Å²) in [5.41, 5.74) is 1.38. The van der Waals surface area contributed by atoms with E-state index in [0.717, 1.165) is 5.02 Å². The lowest BCUT2D eigenvalue weighted by atomic mass is 10.0. The Kier molecular flexibility index (Phi) is 3.66. The first-order valence-electron chi connectivity index (χ1n) is 5.77. The first-order chi connectivity index (χ1) is 7.27. The minimum absolute atomic E-state index is 0.530. The van der Waals surface area contributed by atoms with Gasteiger partial charge in [0.05, 0.1) is 0 Å². The highest BCUT2D eigenvalue weighted by atomic mass is 35.5. The fraction of sp³-hybridized carbons (Fsp3) is 0.538. The van der Waals surface area contributed by atoms with Crippen molar-refractivity contribution < 1.29 is 0 Å². The number of benzene rings is 1. The Morgan fingerprint density at radius 2 is 1.67 bits per heavy atom. The summed E-state index contributed by atoms with van der Waals surface area (Å²) in [6, 6.07) is 8.78. The standard InChI is InChI=1S/C13H18ClN/c1-11(15-9-3-2-4-10-15)12-5-7-13(14)8-6-12/h5-8,11H,2-4,9-10H2,1H3/t11-/m0/s1. The van der Waals surface area contributed by atoms with Crippen molar-refractivity contribution >= 4 is 11.6 Å². The molecule has 0 unspecified atom stereocenters. The van der Waals surface area contributed by atoms with Crippen molar-refractivity contribution in [1.82, 2.24) is 4.90 Å². The summed E-state index contributed by atoms with van der Waals surface area (Å²) in [5.74, 6) is 0. The average molecular weight is 224 g/mol. The predicted octanol–water partition coefficient (Wildman–Crippen LogP) is 3.89. The van der Waals surface area contributed by atoms with Crippen molar-refractivity contribution in [2.45, 2.75) is 32.2 Å². The number of rotatable bonds is 2. The lowest BCUT2D eigenvalue weighted by molar-refractivity contribution is 0.175. The molecule has 0 saturated carbocycles. The van der Waals surface area contributed by atoms with E-state index < -0.39 is 0 Å². The molecule has 82 valence electrons. The van der Waals surface area contributed by atoms with Gasteiger partial charge in [-0.15, -0.1) is 0 Å². The normalized spacial score (nSPS) is 20.1. The van der Waals surface area contributed by atoms with Crippen LogP contribution in [0, 0.1) is 0 Å². The molecule has 0 aromatic heterocycles. The van der Waals surface area contributed by atoms with E-state index in [1.54, 1.807) is 0 Å². The van der Waals surface area contributed by atoms with E-state index >= 15 is 0 Å². The summed E-state index contributed by atoms with van der Waals surface area (Å²) in [4.78, 5) is 2.56. The molecule has 1 aliphatic heterocycles. The molecule has 0 aliphatic carbocycles. The molecule has 1 heterocycles.